The second-order valence-electron chi connectivity index (χ2n) is 6.15. The van der Waals surface area contributed by atoms with Crippen LogP contribution in [0, 0.1) is 6.92 Å². The lowest BCUT2D eigenvalue weighted by Gasteiger charge is -2.12. The smallest absolute Gasteiger partial charge is 0.267 e. The Morgan fingerprint density at radius 3 is 2.54 bits per heavy atom. The second-order valence-corrected chi connectivity index (χ2v) is 7.01. The van der Waals surface area contributed by atoms with Gasteiger partial charge in [-0.1, -0.05) is 12.1 Å². The first kappa shape index (κ1) is 18.1. The largest absolute Gasteiger partial charge is 0.322 e. The molecule has 2 aromatic carbocycles. The van der Waals surface area contributed by atoms with Crippen LogP contribution in [0.1, 0.15) is 16.2 Å². The lowest BCUT2D eigenvalue weighted by Crippen LogP contribution is -2.22. The molecule has 0 fully saturated rings. The van der Waals surface area contributed by atoms with Gasteiger partial charge in [-0.15, -0.1) is 0 Å². The van der Waals surface area contributed by atoms with Crippen molar-refractivity contribution in [3.8, 4) is 5.69 Å². The number of hydrogen-bond donors (Lipinski definition) is 1. The zero-order valence-corrected chi connectivity index (χ0v) is 16.5. The Kier molecular flexibility index (Phi) is 4.75. The van der Waals surface area contributed by atoms with E-state index < -0.39 is 0 Å². The van der Waals surface area contributed by atoms with Crippen LogP contribution < -0.4 is 10.9 Å². The number of halogens is 1. The van der Waals surface area contributed by atoms with Crippen LogP contribution in [0.5, 0.6) is 0 Å². The highest BCUT2D eigenvalue weighted by Crippen LogP contribution is 2.19. The average molecular weight is 435 g/mol. The summed E-state index contributed by atoms with van der Waals surface area (Å²) in [4.78, 5) is 33.8. The van der Waals surface area contributed by atoms with Crippen molar-refractivity contribution >= 4 is 38.6 Å². The molecule has 4 aromatic rings. The molecule has 0 saturated carbocycles. The van der Waals surface area contributed by atoms with E-state index in [1.165, 1.54) is 4.57 Å². The summed E-state index contributed by atoms with van der Waals surface area (Å²) in [6.45, 7) is 1.76. The topological polar surface area (TPSA) is 76.9 Å². The number of anilines is 1. The summed E-state index contributed by atoms with van der Waals surface area (Å²) in [5, 5.41) is 3.31. The number of aromatic nitrogens is 3. The quantitative estimate of drug-likeness (QED) is 0.526. The van der Waals surface area contributed by atoms with Gasteiger partial charge in [-0.2, -0.15) is 0 Å². The zero-order chi connectivity index (χ0) is 19.7. The van der Waals surface area contributed by atoms with Gasteiger partial charge in [0.05, 0.1) is 16.6 Å². The van der Waals surface area contributed by atoms with Gasteiger partial charge in [-0.3, -0.25) is 14.2 Å². The lowest BCUT2D eigenvalue weighted by atomic mass is 10.2. The maximum absolute atomic E-state index is 12.8. The molecule has 1 N–H and O–H groups in total. The summed E-state index contributed by atoms with van der Waals surface area (Å²) in [5.74, 6) is 0.327. The molecule has 28 heavy (non-hydrogen) atoms. The molecule has 2 aromatic heterocycles. The van der Waals surface area contributed by atoms with E-state index in [1.807, 2.05) is 12.1 Å². The second kappa shape index (κ2) is 7.36. The number of pyridine rings is 1. The summed E-state index contributed by atoms with van der Waals surface area (Å²) >= 11 is 3.38. The molecule has 0 spiro atoms. The van der Waals surface area contributed by atoms with E-state index in [4.69, 9.17) is 0 Å². The van der Waals surface area contributed by atoms with Crippen molar-refractivity contribution < 1.29 is 4.79 Å². The van der Waals surface area contributed by atoms with Gasteiger partial charge >= 0.3 is 0 Å². The molecule has 1 amide bonds. The standard InChI is InChI=1S/C21H15BrN4O2/c1-13-24-19-17(6-4-12-23-19)21(28)26(13)15-10-8-14(9-11-15)25-20(27)16-5-2-3-7-18(16)22/h2-12H,1H3,(H,25,27). The number of amides is 1. The summed E-state index contributed by atoms with van der Waals surface area (Å²) in [6, 6.07) is 17.7. The van der Waals surface area contributed by atoms with Gasteiger partial charge in [0.25, 0.3) is 11.5 Å². The molecule has 0 aliphatic rings. The average Bonchev–Trinajstić information content (AvgIpc) is 2.69. The van der Waals surface area contributed by atoms with Crippen molar-refractivity contribution in [2.45, 2.75) is 6.92 Å². The number of nitrogens with one attached hydrogen (secondary N) is 1. The van der Waals surface area contributed by atoms with Crippen LogP contribution in [0.15, 0.2) is 76.1 Å². The molecule has 6 nitrogen and oxygen atoms in total. The number of aryl methyl sites for hydroxylation is 1. The van der Waals surface area contributed by atoms with E-state index in [0.29, 0.717) is 33.8 Å². The predicted molar refractivity (Wildman–Crippen MR) is 112 cm³/mol. The minimum Gasteiger partial charge on any atom is -0.322 e. The summed E-state index contributed by atoms with van der Waals surface area (Å²) in [5.41, 5.74) is 2.09. The molecule has 7 heteroatoms. The van der Waals surface area contributed by atoms with Gasteiger partial charge in [-0.05, 0) is 71.4 Å². The van der Waals surface area contributed by atoms with Crippen molar-refractivity contribution in [1.82, 2.24) is 14.5 Å². The molecular weight excluding hydrogens is 420 g/mol. The molecular formula is C21H15BrN4O2. The lowest BCUT2D eigenvalue weighted by molar-refractivity contribution is 0.102. The molecule has 138 valence electrons. The van der Waals surface area contributed by atoms with Gasteiger partial charge in [0.1, 0.15) is 5.82 Å². The Bertz CT molecular complexity index is 1250. The van der Waals surface area contributed by atoms with Crippen molar-refractivity contribution in [3.63, 3.8) is 0 Å². The summed E-state index contributed by atoms with van der Waals surface area (Å²) in [7, 11) is 0. The fourth-order valence-corrected chi connectivity index (χ4v) is 3.43. The number of fused-ring (bicyclic) bond motifs is 1. The van der Waals surface area contributed by atoms with Crippen LogP contribution in [0.25, 0.3) is 16.7 Å². The first-order valence-corrected chi connectivity index (χ1v) is 9.34. The van der Waals surface area contributed by atoms with Crippen LogP contribution in [-0.2, 0) is 0 Å². The monoisotopic (exact) mass is 434 g/mol. The molecule has 4 rings (SSSR count). The molecule has 0 unspecified atom stereocenters. The number of benzene rings is 2. The Hall–Kier alpha value is -3.32. The SMILES string of the molecule is Cc1nc2ncccc2c(=O)n1-c1ccc(NC(=O)c2ccccc2Br)cc1. The summed E-state index contributed by atoms with van der Waals surface area (Å²) < 4.78 is 2.26. The zero-order valence-electron chi connectivity index (χ0n) is 14.9. The van der Waals surface area contributed by atoms with Gasteiger partial charge in [0.2, 0.25) is 0 Å². The van der Waals surface area contributed by atoms with Crippen molar-refractivity contribution in [2.24, 2.45) is 0 Å². The maximum Gasteiger partial charge on any atom is 0.267 e. The van der Waals surface area contributed by atoms with E-state index in [1.54, 1.807) is 61.7 Å². The Morgan fingerprint density at radius 2 is 1.79 bits per heavy atom. The van der Waals surface area contributed by atoms with Crippen LogP contribution in [-0.4, -0.2) is 20.4 Å². The fraction of sp³-hybridized carbons (Fsp3) is 0.0476. The third-order valence-electron chi connectivity index (χ3n) is 4.31. The molecule has 0 aliphatic carbocycles. The fourth-order valence-electron chi connectivity index (χ4n) is 2.97. The minimum atomic E-state index is -0.216. The van der Waals surface area contributed by atoms with Crippen molar-refractivity contribution in [3.05, 3.63) is 93.1 Å². The van der Waals surface area contributed by atoms with E-state index in [0.717, 1.165) is 4.47 Å². The van der Waals surface area contributed by atoms with Crippen LogP contribution in [0.3, 0.4) is 0 Å². The van der Waals surface area contributed by atoms with Crippen LogP contribution in [0.4, 0.5) is 5.69 Å². The van der Waals surface area contributed by atoms with Crippen LogP contribution in [0.2, 0.25) is 0 Å². The Labute approximate surface area is 169 Å². The van der Waals surface area contributed by atoms with Crippen molar-refractivity contribution in [2.75, 3.05) is 5.32 Å². The third kappa shape index (κ3) is 3.32. The van der Waals surface area contributed by atoms with Crippen molar-refractivity contribution in [1.29, 1.82) is 0 Å². The number of carbonyl (C=O) groups excluding carboxylic acids is 1. The normalized spacial score (nSPS) is 10.8. The number of rotatable bonds is 3. The van der Waals surface area contributed by atoms with Crippen LogP contribution >= 0.6 is 15.9 Å². The molecule has 0 aliphatic heterocycles. The van der Waals surface area contributed by atoms with Gasteiger partial charge < -0.3 is 5.32 Å². The number of hydrogen-bond acceptors (Lipinski definition) is 4. The summed E-state index contributed by atoms with van der Waals surface area (Å²) in [6.07, 6.45) is 1.61. The third-order valence-corrected chi connectivity index (χ3v) is 5.00. The van der Waals surface area contributed by atoms with Gasteiger partial charge in [0, 0.05) is 16.4 Å². The Balaban J connectivity index is 1.66. The van der Waals surface area contributed by atoms with E-state index >= 15 is 0 Å². The maximum atomic E-state index is 12.8. The Morgan fingerprint density at radius 1 is 1.04 bits per heavy atom. The highest BCUT2D eigenvalue weighted by atomic mass is 79.9. The molecule has 0 radical (unpaired) electrons. The van der Waals surface area contributed by atoms with E-state index in [9.17, 15) is 9.59 Å². The molecule has 0 saturated heterocycles. The minimum absolute atomic E-state index is 0.180. The van der Waals surface area contributed by atoms with E-state index in [2.05, 4.69) is 31.2 Å². The molecule has 2 heterocycles. The number of carbonyl (C=O) groups is 1. The highest BCUT2D eigenvalue weighted by molar-refractivity contribution is 9.10. The molecule has 0 bridgehead atoms. The van der Waals surface area contributed by atoms with Gasteiger partial charge in [-0.25, -0.2) is 9.97 Å². The molecule has 0 atom stereocenters. The first-order valence-electron chi connectivity index (χ1n) is 8.55. The highest BCUT2D eigenvalue weighted by Gasteiger charge is 2.12. The predicted octanol–water partition coefficient (Wildman–Crippen LogP) is 4.10. The number of nitrogens with zero attached hydrogens (tertiary/aromatic N) is 3. The first-order chi connectivity index (χ1) is 13.5. The van der Waals surface area contributed by atoms with Gasteiger partial charge in [0.15, 0.2) is 5.65 Å². The van der Waals surface area contributed by atoms with E-state index in [-0.39, 0.29) is 11.5 Å².